The Morgan fingerprint density at radius 3 is 1.03 bits per heavy atom. The van der Waals surface area contributed by atoms with Gasteiger partial charge in [-0.15, -0.1) is 144 Å². The van der Waals surface area contributed by atoms with Crippen molar-refractivity contribution in [2.75, 3.05) is 0 Å². The van der Waals surface area contributed by atoms with Gasteiger partial charge in [-0.05, 0) is 128 Å². The summed E-state index contributed by atoms with van der Waals surface area (Å²) in [7, 11) is 0. The Morgan fingerprint density at radius 2 is 0.616 bits per heavy atom. The Balaban J connectivity index is 0.000000314. The normalized spacial score (nSPS) is 12.2. The van der Waals surface area contributed by atoms with Crippen LogP contribution in [0.5, 0.6) is 0 Å². The molecule has 8 N–H and O–H groups in total. The molecule has 15 aromatic rings. The first-order valence-corrected chi connectivity index (χ1v) is 39.4. The molecule has 0 aliphatic rings. The zero-order valence-corrected chi connectivity index (χ0v) is 79.7. The second-order valence-electron chi connectivity index (χ2n) is 28.7. The first kappa shape index (κ1) is 108. The van der Waals surface area contributed by atoms with Crippen molar-refractivity contribution in [3.63, 3.8) is 0 Å². The maximum absolute atomic E-state index is 13.8. The van der Waals surface area contributed by atoms with Gasteiger partial charge >= 0.3 is 0 Å². The third-order valence-electron chi connectivity index (χ3n) is 17.6. The molecule has 0 bridgehead atoms. The smallest absolute Gasteiger partial charge is 0.200 e. The second-order valence-corrected chi connectivity index (χ2v) is 28.7. The maximum Gasteiger partial charge on any atom is 0.200 e. The van der Waals surface area contributed by atoms with Crippen LogP contribution in [0.25, 0.3) is 123 Å². The fraction of sp³-hybridized carbons (Fsp3) is 0.220. The first-order chi connectivity index (χ1) is 58.1. The minimum atomic E-state index is -2.21. The van der Waals surface area contributed by atoms with Crippen molar-refractivity contribution in [1.29, 1.82) is 0 Å². The first-order valence-electron chi connectivity index (χ1n) is 39.4. The van der Waals surface area contributed by atoms with Gasteiger partial charge in [0.1, 0.15) is 0 Å². The molecule has 11 aromatic carbocycles. The number of fused-ring (bicyclic) bond motifs is 2. The molecule has 0 spiro atoms. The fourth-order valence-corrected chi connectivity index (χ4v) is 12.3. The Hall–Kier alpha value is -9.77. The van der Waals surface area contributed by atoms with Crippen LogP contribution in [0, 0.1) is 67.2 Å². The van der Waals surface area contributed by atoms with E-state index in [1.165, 1.54) is 28.5 Å². The molecule has 16 nitrogen and oxygen atoms in total. The minimum absolute atomic E-state index is 0. The Labute approximate surface area is 782 Å². The van der Waals surface area contributed by atoms with E-state index in [1.54, 1.807) is 79.7 Å². The number of aromatic nitrogens is 8. The molecule has 4 aromatic heterocycles. The Morgan fingerprint density at radius 1 is 0.280 bits per heavy atom. The molecule has 3 radical (unpaired) electrons. The Kier molecular flexibility index (Phi) is 47.9. The molecule has 0 saturated heterocycles. The standard InChI is InChI=1S/C22H15N2.C21H15N2.C20H13N2.C17H8F5N2.4C5H12O2.3Ir.Pt/c1-4-10-17(11-5-1)20-16-23-21(18-12-6-2-7-13-18)22(24-20)19-14-8-3-9-15-19;1-15-21(17-8-3-2-4-9-17)22-14-20(23-15)19-12-11-16-7-5-6-10-18(16)13-19;1-2-8-16(9-3-1)19-13-22-20(14-21-19)18-12-6-10-15-7-4-5-11-17(15)18;1-8-17(9-5-3-2-4-6-9)23-7-10(24-8)11-12(18)14(20)16(22)15(21)13(11)19;4*1-4(6)3-5(2)7;;;;/h1-12,14-16H;2-8,10-14H,1H3;1-8,10-14H;2-5,7H,1H3;4*4-7H,3H2,1-2H3;;;;/q4*-1;;;;;;;;. The van der Waals surface area contributed by atoms with E-state index in [0.717, 1.165) is 90.7 Å². The zero-order valence-electron chi connectivity index (χ0n) is 70.3. The van der Waals surface area contributed by atoms with E-state index in [4.69, 9.17) is 55.8 Å². The van der Waals surface area contributed by atoms with E-state index in [0.29, 0.717) is 36.9 Å². The molecule has 15 rings (SSSR count). The predicted octanol–water partition coefficient (Wildman–Crippen LogP) is 20.3. The largest absolute Gasteiger partial charge is 0.393 e. The summed E-state index contributed by atoms with van der Waals surface area (Å²) in [5.41, 5.74) is 13.9. The van der Waals surface area contributed by atoms with Crippen molar-refractivity contribution in [3.8, 4) is 101 Å². The van der Waals surface area contributed by atoms with Gasteiger partial charge in [0.2, 0.25) is 5.82 Å². The van der Waals surface area contributed by atoms with Crippen LogP contribution < -0.4 is 0 Å². The summed E-state index contributed by atoms with van der Waals surface area (Å²) < 4.78 is 67.4. The van der Waals surface area contributed by atoms with Crippen LogP contribution in [0.15, 0.2) is 274 Å². The van der Waals surface area contributed by atoms with Crippen LogP contribution in [0.3, 0.4) is 0 Å². The van der Waals surface area contributed by atoms with Gasteiger partial charge in [0.15, 0.2) is 23.3 Å². The van der Waals surface area contributed by atoms with E-state index in [2.05, 4.69) is 134 Å². The molecule has 0 aliphatic heterocycles. The SMILES string of the molecule is CC(O)CC(C)O.CC(O)CC(C)O.CC(O)CC(C)O.CC(O)CC(C)O.Cc1nc(-c2c(F)c(F)c(F)c(F)c2F)cnc1-c1[c-]cccc1.Cc1nc(-c2ccc3ccccc3c2)cnc1-c1[c-]cccc1.[Ir].[Ir].[Ir].[Pt].[c-]1ccccc1-c1cnc(-c2cccc3ccccc23)cn1.[c-]1ccccc1-c1ncc(-c2ccccc2)nc1-c1ccccc1. The number of rotatable bonds is 17. The van der Waals surface area contributed by atoms with Gasteiger partial charge in [-0.25, -0.2) is 22.0 Å². The molecule has 0 amide bonds. The molecular weight excluding hydrogens is 2310 g/mol. The number of hydrogen-bond donors (Lipinski definition) is 8. The maximum atomic E-state index is 13.8. The molecule has 25 heteroatoms. The predicted molar refractivity (Wildman–Crippen MR) is 469 cm³/mol. The topological polar surface area (TPSA) is 265 Å². The number of nitrogens with zero attached hydrogens (tertiary/aromatic N) is 8. The third kappa shape index (κ3) is 34.5. The van der Waals surface area contributed by atoms with Gasteiger partial charge in [0, 0.05) is 163 Å². The Bertz CT molecular complexity index is 5530. The molecule has 0 aliphatic carbocycles. The van der Waals surface area contributed by atoms with E-state index >= 15 is 0 Å². The van der Waals surface area contributed by atoms with Crippen molar-refractivity contribution in [3.05, 3.63) is 338 Å². The molecule has 663 valence electrons. The van der Waals surface area contributed by atoms with Crippen molar-refractivity contribution < 1.29 is 144 Å². The number of halogens is 5. The summed E-state index contributed by atoms with van der Waals surface area (Å²) in [4.78, 5) is 36.1. The van der Waals surface area contributed by atoms with Crippen LogP contribution in [0.1, 0.15) is 92.5 Å². The van der Waals surface area contributed by atoms with Gasteiger partial charge < -0.3 is 60.8 Å². The summed E-state index contributed by atoms with van der Waals surface area (Å²) in [6, 6.07) is 92.5. The zero-order chi connectivity index (χ0) is 87.5. The third-order valence-corrected chi connectivity index (χ3v) is 17.6. The monoisotopic (exact) mass is 2410 g/mol. The van der Waals surface area contributed by atoms with Crippen molar-refractivity contribution in [1.82, 2.24) is 39.9 Å². The summed E-state index contributed by atoms with van der Waals surface area (Å²) in [6.07, 6.45) is 7.16. The van der Waals surface area contributed by atoms with E-state index < -0.39 is 40.3 Å². The molecule has 4 heterocycles. The average Bonchev–Trinajstić information content (AvgIpc) is 0.777. The van der Waals surface area contributed by atoms with E-state index in [-0.39, 0.29) is 136 Å². The minimum Gasteiger partial charge on any atom is -0.393 e. The molecular formula is C100H99F5Ir3N8O8Pt-4. The second kappa shape index (κ2) is 55.6. The number of aryl methyl sites for hydroxylation is 2. The van der Waals surface area contributed by atoms with Crippen LogP contribution in [-0.4, -0.2) is 130 Å². The summed E-state index contributed by atoms with van der Waals surface area (Å²) in [5, 5.41) is 73.4. The van der Waals surface area contributed by atoms with Crippen LogP contribution in [0.2, 0.25) is 0 Å². The van der Waals surface area contributed by atoms with Gasteiger partial charge in [-0.3, -0.25) is 19.9 Å². The van der Waals surface area contributed by atoms with Crippen molar-refractivity contribution in [2.24, 2.45) is 0 Å². The van der Waals surface area contributed by atoms with E-state index in [9.17, 15) is 22.0 Å². The molecule has 0 saturated carbocycles. The van der Waals surface area contributed by atoms with Gasteiger partial charge in [-0.2, -0.15) is 0 Å². The number of hydrogen-bond acceptors (Lipinski definition) is 16. The van der Waals surface area contributed by atoms with Gasteiger partial charge in [0.05, 0.1) is 82.9 Å². The molecule has 0 fully saturated rings. The van der Waals surface area contributed by atoms with Crippen LogP contribution in [0.4, 0.5) is 22.0 Å². The average molecular weight is 2410 g/mol. The number of benzene rings is 11. The number of aliphatic hydroxyl groups is 8. The van der Waals surface area contributed by atoms with E-state index in [1.807, 2.05) is 165 Å². The van der Waals surface area contributed by atoms with Crippen LogP contribution in [-0.2, 0) is 81.4 Å². The fourth-order valence-electron chi connectivity index (χ4n) is 12.3. The van der Waals surface area contributed by atoms with Gasteiger partial charge in [-0.1, -0.05) is 140 Å². The molecule has 8 atom stereocenters. The summed E-state index contributed by atoms with van der Waals surface area (Å²) in [5.74, 6) is -10.2. The summed E-state index contributed by atoms with van der Waals surface area (Å²) >= 11 is 0. The van der Waals surface area contributed by atoms with Gasteiger partial charge in [0.25, 0.3) is 0 Å². The number of aliphatic hydroxyl groups excluding tert-OH is 8. The summed E-state index contributed by atoms with van der Waals surface area (Å²) in [6.45, 7) is 16.8. The van der Waals surface area contributed by atoms with Crippen LogP contribution >= 0.6 is 0 Å². The molecule has 8 unspecified atom stereocenters. The van der Waals surface area contributed by atoms with Crippen molar-refractivity contribution in [2.45, 2.75) is 144 Å². The quantitative estimate of drug-likeness (QED) is 0.0182. The van der Waals surface area contributed by atoms with Crippen molar-refractivity contribution >= 4 is 21.5 Å². The molecule has 125 heavy (non-hydrogen) atoms.